The first-order valence-electron chi connectivity index (χ1n) is 8.81. The molecule has 0 radical (unpaired) electrons. The Balaban J connectivity index is 1.95. The molecule has 0 aromatic heterocycles. The van der Waals surface area contributed by atoms with Crippen molar-refractivity contribution >= 4 is 34.8 Å². The highest BCUT2D eigenvalue weighted by molar-refractivity contribution is 6.30. The second kappa shape index (κ2) is 8.91. The molecule has 0 unspecified atom stereocenters. The van der Waals surface area contributed by atoms with Crippen LogP contribution in [-0.4, -0.2) is 17.4 Å². The lowest BCUT2D eigenvalue weighted by Crippen LogP contribution is -2.42. The van der Waals surface area contributed by atoms with Crippen LogP contribution in [-0.2, 0) is 9.59 Å². The van der Waals surface area contributed by atoms with Crippen LogP contribution in [0.4, 0.5) is 11.4 Å². The number of hydrogen-bond acceptors (Lipinski definition) is 3. The van der Waals surface area contributed by atoms with Gasteiger partial charge in [-0.3, -0.25) is 9.59 Å². The monoisotopic (exact) mass is 388 g/mol. The molecule has 2 aromatic rings. The quantitative estimate of drug-likeness (QED) is 0.691. The van der Waals surface area contributed by atoms with Gasteiger partial charge in [0.25, 0.3) is 5.91 Å². The smallest absolute Gasteiger partial charge is 0.267 e. The van der Waals surface area contributed by atoms with Gasteiger partial charge in [0.2, 0.25) is 5.91 Å². The first-order chi connectivity index (χ1) is 12.7. The summed E-state index contributed by atoms with van der Waals surface area (Å²) >= 11 is 5.86. The third-order valence-corrected chi connectivity index (χ3v) is 4.01. The molecule has 0 aliphatic rings. The number of anilines is 2. The topological polar surface area (TPSA) is 67.4 Å². The molecule has 6 heteroatoms. The molecule has 27 heavy (non-hydrogen) atoms. The van der Waals surface area contributed by atoms with Crippen molar-refractivity contribution in [2.75, 3.05) is 10.6 Å². The number of amides is 2. The Morgan fingerprint density at radius 2 is 1.48 bits per heavy atom. The Labute approximate surface area is 165 Å². The largest absolute Gasteiger partial charge is 0.478 e. The molecule has 0 fully saturated rings. The first kappa shape index (κ1) is 20.8. The molecular formula is C21H25ClN2O3. The van der Waals surface area contributed by atoms with Crippen molar-refractivity contribution in [1.82, 2.24) is 0 Å². The number of carbonyl (C=O) groups excluding carboxylic acids is 2. The van der Waals surface area contributed by atoms with Gasteiger partial charge in [-0.05, 0) is 68.3 Å². The molecule has 0 bridgehead atoms. The molecule has 2 amide bonds. The average Bonchev–Trinajstić information content (AvgIpc) is 2.57. The number of ether oxygens (including phenoxy) is 1. The maximum atomic E-state index is 12.6. The van der Waals surface area contributed by atoms with Crippen LogP contribution in [0.15, 0.2) is 48.5 Å². The van der Waals surface area contributed by atoms with Gasteiger partial charge >= 0.3 is 0 Å². The minimum Gasteiger partial charge on any atom is -0.478 e. The van der Waals surface area contributed by atoms with Crippen LogP contribution in [0.25, 0.3) is 0 Å². The maximum absolute atomic E-state index is 12.6. The predicted molar refractivity (Wildman–Crippen MR) is 109 cm³/mol. The lowest BCUT2D eigenvalue weighted by atomic mass is 10.1. The zero-order valence-electron chi connectivity index (χ0n) is 16.0. The van der Waals surface area contributed by atoms with Crippen molar-refractivity contribution in [2.45, 2.75) is 39.7 Å². The third kappa shape index (κ3) is 6.61. The van der Waals surface area contributed by atoms with E-state index in [2.05, 4.69) is 10.6 Å². The molecule has 0 saturated heterocycles. The Morgan fingerprint density at radius 3 is 2.00 bits per heavy atom. The minimum absolute atomic E-state index is 0.0284. The van der Waals surface area contributed by atoms with E-state index in [4.69, 9.17) is 16.3 Å². The van der Waals surface area contributed by atoms with Gasteiger partial charge in [0, 0.05) is 22.8 Å². The lowest BCUT2D eigenvalue weighted by molar-refractivity contribution is -0.128. The summed E-state index contributed by atoms with van der Waals surface area (Å²) in [5, 5.41) is 6.26. The standard InChI is InChI=1S/C21H25ClN2O3/c1-14(2)13-19(25)23-16-7-9-17(10-8-16)24-20(26)21(3,4)27-18-11-5-15(22)6-12-18/h5-12,14H,13H2,1-4H3,(H,23,25)(H,24,26). The number of rotatable bonds is 7. The molecule has 0 spiro atoms. The molecule has 0 aliphatic carbocycles. The second-order valence-corrected chi connectivity index (χ2v) is 7.68. The summed E-state index contributed by atoms with van der Waals surface area (Å²) in [6.45, 7) is 7.37. The van der Waals surface area contributed by atoms with Crippen LogP contribution in [0.1, 0.15) is 34.1 Å². The van der Waals surface area contributed by atoms with E-state index in [1.54, 1.807) is 62.4 Å². The number of carbonyl (C=O) groups is 2. The molecule has 2 rings (SSSR count). The van der Waals surface area contributed by atoms with Gasteiger partial charge in [0.15, 0.2) is 5.60 Å². The molecule has 0 heterocycles. The molecule has 0 aliphatic heterocycles. The van der Waals surface area contributed by atoms with Gasteiger partial charge in [-0.25, -0.2) is 0 Å². The summed E-state index contributed by atoms with van der Waals surface area (Å²) in [5.41, 5.74) is 0.239. The molecular weight excluding hydrogens is 364 g/mol. The zero-order chi connectivity index (χ0) is 20.0. The summed E-state index contributed by atoms with van der Waals surface area (Å²) in [5.74, 6) is 0.544. The Hall–Kier alpha value is -2.53. The normalized spacial score (nSPS) is 11.2. The van der Waals surface area contributed by atoms with Crippen molar-refractivity contribution in [3.05, 3.63) is 53.6 Å². The van der Waals surface area contributed by atoms with Crippen molar-refractivity contribution in [3.63, 3.8) is 0 Å². The highest BCUT2D eigenvalue weighted by Crippen LogP contribution is 2.22. The van der Waals surface area contributed by atoms with Gasteiger partial charge in [-0.15, -0.1) is 0 Å². The molecule has 0 saturated carbocycles. The highest BCUT2D eigenvalue weighted by atomic mass is 35.5. The molecule has 144 valence electrons. The lowest BCUT2D eigenvalue weighted by Gasteiger charge is -2.25. The second-order valence-electron chi connectivity index (χ2n) is 7.24. The third-order valence-electron chi connectivity index (χ3n) is 3.75. The zero-order valence-corrected chi connectivity index (χ0v) is 16.8. The Bertz CT molecular complexity index is 784. The van der Waals surface area contributed by atoms with Crippen LogP contribution < -0.4 is 15.4 Å². The van der Waals surface area contributed by atoms with E-state index in [0.717, 1.165) is 0 Å². The van der Waals surface area contributed by atoms with Crippen molar-refractivity contribution < 1.29 is 14.3 Å². The van der Waals surface area contributed by atoms with Gasteiger partial charge in [0.05, 0.1) is 0 Å². The van der Waals surface area contributed by atoms with E-state index in [9.17, 15) is 9.59 Å². The summed E-state index contributed by atoms with van der Waals surface area (Å²) in [7, 11) is 0. The fraction of sp³-hybridized carbons (Fsp3) is 0.333. The van der Waals surface area contributed by atoms with Crippen LogP contribution >= 0.6 is 11.6 Å². The predicted octanol–water partition coefficient (Wildman–Crippen LogP) is 5.12. The van der Waals surface area contributed by atoms with Crippen LogP contribution in [0, 0.1) is 5.92 Å². The van der Waals surface area contributed by atoms with E-state index in [0.29, 0.717) is 34.5 Å². The van der Waals surface area contributed by atoms with Crippen LogP contribution in [0.5, 0.6) is 5.75 Å². The van der Waals surface area contributed by atoms with Gasteiger partial charge in [-0.1, -0.05) is 25.4 Å². The molecule has 5 nitrogen and oxygen atoms in total. The fourth-order valence-corrected chi connectivity index (χ4v) is 2.47. The molecule has 2 N–H and O–H groups in total. The van der Waals surface area contributed by atoms with Gasteiger partial charge in [-0.2, -0.15) is 0 Å². The van der Waals surface area contributed by atoms with Crippen molar-refractivity contribution in [3.8, 4) is 5.75 Å². The summed E-state index contributed by atoms with van der Waals surface area (Å²) < 4.78 is 5.78. The fourth-order valence-electron chi connectivity index (χ4n) is 2.34. The Morgan fingerprint density at radius 1 is 0.963 bits per heavy atom. The number of benzene rings is 2. The number of hydrogen-bond donors (Lipinski definition) is 2. The summed E-state index contributed by atoms with van der Waals surface area (Å²) in [6, 6.07) is 13.8. The van der Waals surface area contributed by atoms with E-state index >= 15 is 0 Å². The maximum Gasteiger partial charge on any atom is 0.267 e. The van der Waals surface area contributed by atoms with Crippen molar-refractivity contribution in [1.29, 1.82) is 0 Å². The van der Waals surface area contributed by atoms with Crippen LogP contribution in [0.3, 0.4) is 0 Å². The van der Waals surface area contributed by atoms with E-state index in [-0.39, 0.29) is 11.8 Å². The van der Waals surface area contributed by atoms with E-state index < -0.39 is 5.60 Å². The highest BCUT2D eigenvalue weighted by Gasteiger charge is 2.30. The Kier molecular flexibility index (Phi) is 6.86. The number of halogens is 1. The van der Waals surface area contributed by atoms with Crippen molar-refractivity contribution in [2.24, 2.45) is 5.92 Å². The van der Waals surface area contributed by atoms with Gasteiger partial charge in [0.1, 0.15) is 5.75 Å². The number of nitrogens with one attached hydrogen (secondary N) is 2. The summed E-state index contributed by atoms with van der Waals surface area (Å²) in [4.78, 5) is 24.4. The summed E-state index contributed by atoms with van der Waals surface area (Å²) in [6.07, 6.45) is 0.467. The SMILES string of the molecule is CC(C)CC(=O)Nc1ccc(NC(=O)C(C)(C)Oc2ccc(Cl)cc2)cc1. The van der Waals surface area contributed by atoms with Gasteiger partial charge < -0.3 is 15.4 Å². The first-order valence-corrected chi connectivity index (χ1v) is 9.19. The average molecular weight is 389 g/mol. The molecule has 0 atom stereocenters. The molecule has 2 aromatic carbocycles. The van der Waals surface area contributed by atoms with Crippen LogP contribution in [0.2, 0.25) is 5.02 Å². The van der Waals surface area contributed by atoms with E-state index in [1.807, 2.05) is 13.8 Å². The van der Waals surface area contributed by atoms with E-state index in [1.165, 1.54) is 0 Å². The minimum atomic E-state index is -1.07.